The molecule has 0 fully saturated rings. The highest BCUT2D eigenvalue weighted by molar-refractivity contribution is 7.80. The molecule has 0 aromatic heterocycles. The van der Waals surface area contributed by atoms with E-state index in [0.717, 1.165) is 18.8 Å². The van der Waals surface area contributed by atoms with E-state index in [4.69, 9.17) is 0 Å². The van der Waals surface area contributed by atoms with Crippen LogP contribution in [-0.2, 0) is 0 Å². The van der Waals surface area contributed by atoms with E-state index in [1.54, 1.807) is 0 Å². The summed E-state index contributed by atoms with van der Waals surface area (Å²) in [6.45, 7) is 10.3. The van der Waals surface area contributed by atoms with Crippen molar-refractivity contribution in [1.82, 2.24) is 4.90 Å². The first-order chi connectivity index (χ1) is 6.27. The Kier molecular flexibility index (Phi) is 6.10. The molecular weight excluding hydrogens is 194 g/mol. The minimum atomic E-state index is -0.250. The van der Waals surface area contributed by atoms with Crippen molar-refractivity contribution in [3.8, 4) is 0 Å². The van der Waals surface area contributed by atoms with E-state index in [1.807, 2.05) is 6.92 Å². The Morgan fingerprint density at radius 2 is 1.79 bits per heavy atom. The smallest absolute Gasteiger partial charge is 0.0638 e. The second-order valence-corrected chi connectivity index (χ2v) is 5.68. The zero-order valence-corrected chi connectivity index (χ0v) is 11.0. The second-order valence-electron chi connectivity index (χ2n) is 5.32. The topological polar surface area (TPSA) is 23.5 Å². The molecule has 1 N–H and O–H groups in total. The largest absolute Gasteiger partial charge is 0.392 e. The van der Waals surface area contributed by atoms with Crippen molar-refractivity contribution in [1.29, 1.82) is 0 Å². The molecule has 0 saturated heterocycles. The maximum atomic E-state index is 9.25. The summed E-state index contributed by atoms with van der Waals surface area (Å²) in [5.74, 6) is 1.46. The van der Waals surface area contributed by atoms with E-state index in [9.17, 15) is 5.11 Å². The molecule has 0 saturated carbocycles. The summed E-state index contributed by atoms with van der Waals surface area (Å²) in [5.41, 5.74) is 0.286. The molecule has 0 aromatic carbocycles. The van der Waals surface area contributed by atoms with E-state index < -0.39 is 0 Å². The van der Waals surface area contributed by atoms with Gasteiger partial charge in [0.25, 0.3) is 0 Å². The van der Waals surface area contributed by atoms with Crippen LogP contribution >= 0.6 is 12.6 Å². The van der Waals surface area contributed by atoms with Crippen molar-refractivity contribution in [3.63, 3.8) is 0 Å². The number of hydrogen-bond donors (Lipinski definition) is 2. The highest BCUT2D eigenvalue weighted by Gasteiger charge is 2.24. The molecule has 3 heteroatoms. The summed E-state index contributed by atoms with van der Waals surface area (Å²) in [6, 6.07) is 0. The molecule has 0 radical (unpaired) electrons. The number of thiol groups is 1. The van der Waals surface area contributed by atoms with Gasteiger partial charge in [-0.25, -0.2) is 0 Å². The average Bonchev–Trinajstić information content (AvgIpc) is 1.96. The van der Waals surface area contributed by atoms with Crippen molar-refractivity contribution in [2.24, 2.45) is 11.3 Å². The molecular formula is C11H25NOS. The van der Waals surface area contributed by atoms with E-state index in [2.05, 4.69) is 45.3 Å². The number of hydrogen-bond acceptors (Lipinski definition) is 3. The van der Waals surface area contributed by atoms with Gasteiger partial charge in [0.15, 0.2) is 0 Å². The zero-order valence-electron chi connectivity index (χ0n) is 10.1. The van der Waals surface area contributed by atoms with Crippen LogP contribution in [0.2, 0.25) is 0 Å². The molecule has 0 heterocycles. The van der Waals surface area contributed by atoms with Gasteiger partial charge in [-0.3, -0.25) is 0 Å². The fourth-order valence-corrected chi connectivity index (χ4v) is 2.17. The number of rotatable bonds is 5. The highest BCUT2D eigenvalue weighted by Crippen LogP contribution is 2.27. The third-order valence-corrected chi connectivity index (χ3v) is 2.99. The summed E-state index contributed by atoms with van der Waals surface area (Å²) in [5, 5.41) is 9.25. The maximum Gasteiger partial charge on any atom is 0.0638 e. The molecule has 0 rings (SSSR count). The van der Waals surface area contributed by atoms with E-state index >= 15 is 0 Å². The van der Waals surface area contributed by atoms with Gasteiger partial charge in [0.1, 0.15) is 0 Å². The van der Waals surface area contributed by atoms with Crippen LogP contribution in [0.15, 0.2) is 0 Å². The van der Waals surface area contributed by atoms with Gasteiger partial charge in [-0.05, 0) is 31.1 Å². The Morgan fingerprint density at radius 1 is 1.29 bits per heavy atom. The first-order valence-corrected chi connectivity index (χ1v) is 5.88. The lowest BCUT2D eigenvalue weighted by Gasteiger charge is -2.33. The van der Waals surface area contributed by atoms with Crippen molar-refractivity contribution in [3.05, 3.63) is 0 Å². The molecule has 2 atom stereocenters. The van der Waals surface area contributed by atoms with Crippen LogP contribution in [0.1, 0.15) is 27.7 Å². The van der Waals surface area contributed by atoms with Crippen LogP contribution in [0.4, 0.5) is 0 Å². The minimum absolute atomic E-state index is 0.250. The van der Waals surface area contributed by atoms with Gasteiger partial charge < -0.3 is 10.0 Å². The van der Waals surface area contributed by atoms with Crippen molar-refractivity contribution < 1.29 is 5.11 Å². The molecule has 0 spiro atoms. The Labute approximate surface area is 94.1 Å². The summed E-state index contributed by atoms with van der Waals surface area (Å²) in [4.78, 5) is 2.18. The van der Waals surface area contributed by atoms with Crippen LogP contribution in [0.25, 0.3) is 0 Å². The second kappa shape index (κ2) is 5.99. The van der Waals surface area contributed by atoms with Crippen LogP contribution < -0.4 is 0 Å². The lowest BCUT2D eigenvalue weighted by molar-refractivity contribution is 0.115. The first kappa shape index (κ1) is 14.3. The van der Waals surface area contributed by atoms with Crippen molar-refractivity contribution >= 4 is 12.6 Å². The highest BCUT2D eigenvalue weighted by atomic mass is 32.1. The Bertz CT molecular complexity index is 154. The van der Waals surface area contributed by atoms with Gasteiger partial charge in [0.2, 0.25) is 0 Å². The summed E-state index contributed by atoms with van der Waals surface area (Å²) in [6.07, 6.45) is -0.250. The SMILES string of the molecule is CC(O)CN(C)CC(CS)C(C)(C)C. The lowest BCUT2D eigenvalue weighted by Crippen LogP contribution is -2.37. The predicted octanol–water partition coefficient (Wildman–Crippen LogP) is 1.89. The predicted molar refractivity (Wildman–Crippen MR) is 66.0 cm³/mol. The van der Waals surface area contributed by atoms with Crippen molar-refractivity contribution in [2.45, 2.75) is 33.8 Å². The van der Waals surface area contributed by atoms with Gasteiger partial charge in [-0.1, -0.05) is 20.8 Å². The standard InChI is InChI=1S/C11H25NOS/c1-9(13)6-12(5)7-10(8-14)11(2,3)4/h9-10,13-14H,6-8H2,1-5H3. The summed E-state index contributed by atoms with van der Waals surface area (Å²) >= 11 is 4.39. The van der Waals surface area contributed by atoms with E-state index in [0.29, 0.717) is 5.92 Å². The fourth-order valence-electron chi connectivity index (χ4n) is 1.51. The number of aliphatic hydroxyl groups excluding tert-OH is 1. The van der Waals surface area contributed by atoms with Gasteiger partial charge in [0.05, 0.1) is 6.10 Å². The van der Waals surface area contributed by atoms with Crippen LogP contribution in [0.5, 0.6) is 0 Å². The summed E-state index contributed by atoms with van der Waals surface area (Å²) in [7, 11) is 2.05. The Balaban J connectivity index is 4.06. The summed E-state index contributed by atoms with van der Waals surface area (Å²) < 4.78 is 0. The normalized spacial score (nSPS) is 17.1. The minimum Gasteiger partial charge on any atom is -0.392 e. The maximum absolute atomic E-state index is 9.25. The monoisotopic (exact) mass is 219 g/mol. The number of aliphatic hydroxyl groups is 1. The lowest BCUT2D eigenvalue weighted by atomic mass is 9.81. The van der Waals surface area contributed by atoms with Gasteiger partial charge >= 0.3 is 0 Å². The van der Waals surface area contributed by atoms with E-state index in [1.165, 1.54) is 0 Å². The first-order valence-electron chi connectivity index (χ1n) is 5.24. The van der Waals surface area contributed by atoms with Gasteiger partial charge in [-0.15, -0.1) is 0 Å². The molecule has 86 valence electrons. The van der Waals surface area contributed by atoms with Gasteiger partial charge in [-0.2, -0.15) is 12.6 Å². The third-order valence-electron chi connectivity index (χ3n) is 2.55. The molecule has 0 aliphatic carbocycles. The van der Waals surface area contributed by atoms with Crippen molar-refractivity contribution in [2.75, 3.05) is 25.9 Å². The van der Waals surface area contributed by atoms with Crippen LogP contribution in [0, 0.1) is 11.3 Å². The Morgan fingerprint density at radius 3 is 2.07 bits per heavy atom. The molecule has 0 aliphatic rings. The van der Waals surface area contributed by atoms with Gasteiger partial charge in [0, 0.05) is 13.1 Å². The zero-order chi connectivity index (χ0) is 11.4. The molecule has 2 unspecified atom stereocenters. The molecule has 0 amide bonds. The molecule has 0 aromatic rings. The number of nitrogens with zero attached hydrogens (tertiary/aromatic N) is 1. The van der Waals surface area contributed by atoms with E-state index in [-0.39, 0.29) is 11.5 Å². The van der Waals surface area contributed by atoms with Crippen LogP contribution in [-0.4, -0.2) is 42.0 Å². The molecule has 2 nitrogen and oxygen atoms in total. The quantitative estimate of drug-likeness (QED) is 0.690. The third kappa shape index (κ3) is 5.89. The number of likely N-dealkylation sites (N-methyl/N-ethyl adjacent to an activating group) is 1. The average molecular weight is 219 g/mol. The molecule has 0 aliphatic heterocycles. The fraction of sp³-hybridized carbons (Fsp3) is 1.00. The molecule has 0 bridgehead atoms. The Hall–Kier alpha value is 0.270. The van der Waals surface area contributed by atoms with Crippen LogP contribution in [0.3, 0.4) is 0 Å². The molecule has 14 heavy (non-hydrogen) atoms.